The zero-order valence-corrected chi connectivity index (χ0v) is 10.5. The molecule has 2 saturated carbocycles. The Labute approximate surface area is 106 Å². The number of hydrogen-bond acceptors (Lipinski definition) is 4. The quantitative estimate of drug-likeness (QED) is 0.892. The van der Waals surface area contributed by atoms with Crippen molar-refractivity contribution < 1.29 is 0 Å². The maximum Gasteiger partial charge on any atom is 0.203 e. The molecular weight excluding hydrogens is 226 g/mol. The van der Waals surface area contributed by atoms with E-state index in [1.807, 2.05) is 23.7 Å². The van der Waals surface area contributed by atoms with Crippen LogP contribution in [0.3, 0.4) is 0 Å². The number of anilines is 1. The van der Waals surface area contributed by atoms with Crippen LogP contribution in [0.25, 0.3) is 5.65 Å². The average Bonchev–Trinajstić information content (AvgIpc) is 3.27. The Hall–Kier alpha value is -1.65. The van der Waals surface area contributed by atoms with E-state index in [1.54, 1.807) is 0 Å². The highest BCUT2D eigenvalue weighted by atomic mass is 15.3. The molecule has 5 heteroatoms. The van der Waals surface area contributed by atoms with Gasteiger partial charge in [-0.25, -0.2) is 4.98 Å². The first-order valence-corrected chi connectivity index (χ1v) is 6.76. The molecular formula is C13H17N5. The van der Waals surface area contributed by atoms with Crippen LogP contribution in [0, 0.1) is 18.8 Å². The maximum absolute atomic E-state index is 4.45. The summed E-state index contributed by atoms with van der Waals surface area (Å²) < 4.78 is 1.99. The molecule has 0 unspecified atom stereocenters. The van der Waals surface area contributed by atoms with Gasteiger partial charge in [0.25, 0.3) is 0 Å². The molecule has 2 fully saturated rings. The van der Waals surface area contributed by atoms with Gasteiger partial charge in [-0.2, -0.15) is 0 Å². The van der Waals surface area contributed by atoms with E-state index in [2.05, 4.69) is 20.5 Å². The Kier molecular flexibility index (Phi) is 2.10. The van der Waals surface area contributed by atoms with Crippen LogP contribution in [-0.4, -0.2) is 25.6 Å². The van der Waals surface area contributed by atoms with E-state index >= 15 is 0 Å². The molecule has 2 heterocycles. The number of nitrogens with one attached hydrogen (secondary N) is 1. The fourth-order valence-corrected chi connectivity index (χ4v) is 2.73. The smallest absolute Gasteiger partial charge is 0.203 e. The highest BCUT2D eigenvalue weighted by molar-refractivity contribution is 5.62. The Balaban J connectivity index is 1.68. The third kappa shape index (κ3) is 1.65. The SMILES string of the molecule is Cc1nnc2c(NC(C3CC3)C3CC3)nccn12. The minimum Gasteiger partial charge on any atom is -0.364 e. The van der Waals surface area contributed by atoms with E-state index < -0.39 is 0 Å². The number of aryl methyl sites for hydroxylation is 1. The summed E-state index contributed by atoms with van der Waals surface area (Å²) in [5.74, 6) is 3.50. The van der Waals surface area contributed by atoms with Crippen molar-refractivity contribution in [3.8, 4) is 0 Å². The summed E-state index contributed by atoms with van der Waals surface area (Å²) in [7, 11) is 0. The molecule has 18 heavy (non-hydrogen) atoms. The highest BCUT2D eigenvalue weighted by Crippen LogP contribution is 2.45. The standard InChI is InChI=1S/C13H17N5/c1-8-16-17-13-12(14-6-7-18(8)13)15-11(9-2-3-9)10-4-5-10/h6-7,9-11H,2-5H2,1H3,(H,14,15). The van der Waals surface area contributed by atoms with Gasteiger partial charge in [0.1, 0.15) is 5.82 Å². The highest BCUT2D eigenvalue weighted by Gasteiger charge is 2.41. The molecule has 2 aliphatic carbocycles. The van der Waals surface area contributed by atoms with Gasteiger partial charge in [-0.1, -0.05) is 0 Å². The van der Waals surface area contributed by atoms with Crippen LogP contribution in [0.15, 0.2) is 12.4 Å². The van der Waals surface area contributed by atoms with E-state index in [0.717, 1.165) is 29.1 Å². The molecule has 2 aliphatic rings. The van der Waals surface area contributed by atoms with Crippen molar-refractivity contribution >= 4 is 11.5 Å². The molecule has 0 spiro atoms. The van der Waals surface area contributed by atoms with Gasteiger partial charge in [0.2, 0.25) is 5.65 Å². The second-order valence-electron chi connectivity index (χ2n) is 5.56. The zero-order valence-electron chi connectivity index (χ0n) is 10.5. The minimum atomic E-state index is 0.598. The van der Waals surface area contributed by atoms with Crippen LogP contribution in [0.1, 0.15) is 31.5 Å². The average molecular weight is 243 g/mol. The van der Waals surface area contributed by atoms with E-state index in [9.17, 15) is 0 Å². The zero-order chi connectivity index (χ0) is 12.1. The van der Waals surface area contributed by atoms with Gasteiger partial charge >= 0.3 is 0 Å². The summed E-state index contributed by atoms with van der Waals surface area (Å²) >= 11 is 0. The third-order valence-corrected chi connectivity index (χ3v) is 4.06. The number of nitrogens with zero attached hydrogens (tertiary/aromatic N) is 4. The van der Waals surface area contributed by atoms with Crippen molar-refractivity contribution in [3.63, 3.8) is 0 Å². The molecule has 4 rings (SSSR count). The summed E-state index contributed by atoms with van der Waals surface area (Å²) in [6.07, 6.45) is 9.19. The topological polar surface area (TPSA) is 55.1 Å². The van der Waals surface area contributed by atoms with Crippen molar-refractivity contribution in [1.29, 1.82) is 0 Å². The molecule has 2 aromatic heterocycles. The monoisotopic (exact) mass is 243 g/mol. The lowest BCUT2D eigenvalue weighted by molar-refractivity contribution is 0.566. The summed E-state index contributed by atoms with van der Waals surface area (Å²) in [5, 5.41) is 12.0. The lowest BCUT2D eigenvalue weighted by atomic mass is 10.1. The fourth-order valence-electron chi connectivity index (χ4n) is 2.73. The first kappa shape index (κ1) is 10.3. The van der Waals surface area contributed by atoms with Crippen molar-refractivity contribution in [1.82, 2.24) is 19.6 Å². The minimum absolute atomic E-state index is 0.598. The molecule has 2 aromatic rings. The predicted molar refractivity (Wildman–Crippen MR) is 68.4 cm³/mol. The van der Waals surface area contributed by atoms with Crippen LogP contribution in [0.4, 0.5) is 5.82 Å². The van der Waals surface area contributed by atoms with Crippen molar-refractivity contribution in [2.45, 2.75) is 38.6 Å². The first-order chi connectivity index (χ1) is 8.83. The molecule has 5 nitrogen and oxygen atoms in total. The van der Waals surface area contributed by atoms with Gasteiger partial charge in [0.05, 0.1) is 0 Å². The number of rotatable bonds is 4. The Morgan fingerprint density at radius 2 is 1.94 bits per heavy atom. The van der Waals surface area contributed by atoms with Gasteiger partial charge in [0, 0.05) is 18.4 Å². The number of fused-ring (bicyclic) bond motifs is 1. The molecule has 0 bridgehead atoms. The molecule has 0 aromatic carbocycles. The van der Waals surface area contributed by atoms with Crippen molar-refractivity contribution in [2.75, 3.05) is 5.32 Å². The second kappa shape index (κ2) is 3.67. The van der Waals surface area contributed by atoms with Crippen molar-refractivity contribution in [3.05, 3.63) is 18.2 Å². The maximum atomic E-state index is 4.45. The largest absolute Gasteiger partial charge is 0.364 e. The van der Waals surface area contributed by atoms with E-state index in [1.165, 1.54) is 25.7 Å². The summed E-state index contributed by atoms with van der Waals surface area (Å²) in [5.41, 5.74) is 0.848. The normalized spacial score (nSPS) is 19.7. The lowest BCUT2D eigenvalue weighted by Crippen LogP contribution is -2.25. The summed E-state index contributed by atoms with van der Waals surface area (Å²) in [4.78, 5) is 4.45. The Bertz CT molecular complexity index is 570. The third-order valence-electron chi connectivity index (χ3n) is 4.06. The molecule has 0 atom stereocenters. The van der Waals surface area contributed by atoms with Gasteiger partial charge in [0.15, 0.2) is 5.82 Å². The van der Waals surface area contributed by atoms with Gasteiger partial charge in [-0.3, -0.25) is 4.40 Å². The Morgan fingerprint density at radius 3 is 2.61 bits per heavy atom. The van der Waals surface area contributed by atoms with Gasteiger partial charge in [-0.05, 0) is 44.4 Å². The lowest BCUT2D eigenvalue weighted by Gasteiger charge is -2.18. The van der Waals surface area contributed by atoms with Gasteiger partial charge < -0.3 is 5.32 Å². The summed E-state index contributed by atoms with van der Waals surface area (Å²) in [6.45, 7) is 1.96. The molecule has 0 aliphatic heterocycles. The molecule has 1 N–H and O–H groups in total. The van der Waals surface area contributed by atoms with Crippen LogP contribution >= 0.6 is 0 Å². The predicted octanol–water partition coefficient (Wildman–Crippen LogP) is 2.03. The van der Waals surface area contributed by atoms with E-state index in [0.29, 0.717) is 6.04 Å². The summed E-state index contributed by atoms with van der Waals surface area (Å²) in [6, 6.07) is 0.598. The van der Waals surface area contributed by atoms with Crippen LogP contribution in [0.5, 0.6) is 0 Å². The van der Waals surface area contributed by atoms with Gasteiger partial charge in [-0.15, -0.1) is 10.2 Å². The molecule has 0 saturated heterocycles. The van der Waals surface area contributed by atoms with E-state index in [4.69, 9.17) is 0 Å². The molecule has 0 amide bonds. The number of hydrogen-bond donors (Lipinski definition) is 1. The molecule has 94 valence electrons. The first-order valence-electron chi connectivity index (χ1n) is 6.76. The van der Waals surface area contributed by atoms with Crippen LogP contribution in [0.2, 0.25) is 0 Å². The second-order valence-corrected chi connectivity index (χ2v) is 5.56. The van der Waals surface area contributed by atoms with Crippen LogP contribution in [-0.2, 0) is 0 Å². The molecule has 0 radical (unpaired) electrons. The fraction of sp³-hybridized carbons (Fsp3) is 0.615. The van der Waals surface area contributed by atoms with Crippen LogP contribution < -0.4 is 5.32 Å². The van der Waals surface area contributed by atoms with E-state index in [-0.39, 0.29) is 0 Å². The Morgan fingerprint density at radius 1 is 1.22 bits per heavy atom. The van der Waals surface area contributed by atoms with Crippen molar-refractivity contribution in [2.24, 2.45) is 11.8 Å². The number of aromatic nitrogens is 4.